The van der Waals surface area contributed by atoms with Crippen LogP contribution in [-0.4, -0.2) is 13.7 Å². The van der Waals surface area contributed by atoms with Gasteiger partial charge in [-0.15, -0.1) is 0 Å². The molecule has 0 saturated heterocycles. The lowest BCUT2D eigenvalue weighted by Crippen LogP contribution is -2.14. The van der Waals surface area contributed by atoms with Gasteiger partial charge < -0.3 is 14.8 Å². The Morgan fingerprint density at radius 2 is 1.69 bits per heavy atom. The molecule has 0 heterocycles. The average Bonchev–Trinajstić information content (AvgIpc) is 2.70. The van der Waals surface area contributed by atoms with Crippen LogP contribution in [0.25, 0.3) is 0 Å². The Kier molecular flexibility index (Phi) is 11.2. The summed E-state index contributed by atoms with van der Waals surface area (Å²) in [6.07, 6.45) is 7.82. The highest BCUT2D eigenvalue weighted by molar-refractivity contribution is 9.10. The molecule has 0 spiro atoms. The molecule has 2 rings (SSSR count). The van der Waals surface area contributed by atoms with Crippen LogP contribution in [0.3, 0.4) is 0 Å². The summed E-state index contributed by atoms with van der Waals surface area (Å²) in [4.78, 5) is 0. The first-order valence-corrected chi connectivity index (χ1v) is 11.7. The molecule has 2 aromatic rings. The van der Waals surface area contributed by atoms with Crippen LogP contribution >= 0.6 is 39.1 Å². The van der Waals surface area contributed by atoms with Crippen molar-refractivity contribution >= 4 is 39.1 Å². The van der Waals surface area contributed by atoms with Crippen LogP contribution in [0, 0.1) is 0 Å². The quantitative estimate of drug-likeness (QED) is 0.283. The van der Waals surface area contributed by atoms with E-state index in [9.17, 15) is 0 Å². The largest absolute Gasteiger partial charge is 0.493 e. The molecule has 0 atom stereocenters. The van der Waals surface area contributed by atoms with E-state index < -0.39 is 0 Å². The normalized spacial score (nSPS) is 10.9. The number of methoxy groups -OCH3 is 1. The first kappa shape index (κ1) is 24.3. The van der Waals surface area contributed by atoms with Crippen molar-refractivity contribution in [3.8, 4) is 11.5 Å². The number of ether oxygens (including phenoxy) is 2. The average molecular weight is 503 g/mol. The van der Waals surface area contributed by atoms with E-state index in [1.165, 1.54) is 38.5 Å². The molecule has 0 aliphatic carbocycles. The molecule has 3 nitrogen and oxygen atoms in total. The van der Waals surface area contributed by atoms with Gasteiger partial charge in [0.2, 0.25) is 0 Å². The molecule has 0 radical (unpaired) electrons. The molecule has 0 saturated carbocycles. The van der Waals surface area contributed by atoms with Crippen LogP contribution in [0.1, 0.15) is 56.6 Å². The van der Waals surface area contributed by atoms with Crippen LogP contribution in [0.4, 0.5) is 0 Å². The van der Waals surface area contributed by atoms with Crippen molar-refractivity contribution in [3.63, 3.8) is 0 Å². The Morgan fingerprint density at radius 1 is 1.00 bits per heavy atom. The molecule has 0 amide bonds. The van der Waals surface area contributed by atoms with Crippen molar-refractivity contribution in [3.05, 3.63) is 56.0 Å². The minimum atomic E-state index is 0.267. The first-order chi connectivity index (χ1) is 14.1. The molecule has 29 heavy (non-hydrogen) atoms. The number of hydrogen-bond donors (Lipinski definition) is 1. The van der Waals surface area contributed by atoms with E-state index in [0.717, 1.165) is 28.7 Å². The number of benzene rings is 2. The van der Waals surface area contributed by atoms with Crippen LogP contribution < -0.4 is 14.8 Å². The zero-order valence-corrected chi connectivity index (χ0v) is 20.3. The van der Waals surface area contributed by atoms with E-state index in [4.69, 9.17) is 32.7 Å². The predicted octanol–water partition coefficient (Wildman–Crippen LogP) is 7.79. The van der Waals surface area contributed by atoms with Gasteiger partial charge in [0, 0.05) is 22.2 Å². The third-order valence-corrected chi connectivity index (χ3v) is 6.05. The fourth-order valence-corrected chi connectivity index (χ4v) is 4.20. The molecule has 160 valence electrons. The van der Waals surface area contributed by atoms with E-state index in [1.54, 1.807) is 19.2 Å². The third-order valence-electron chi connectivity index (χ3n) is 4.75. The van der Waals surface area contributed by atoms with Gasteiger partial charge >= 0.3 is 0 Å². The molecule has 2 aromatic carbocycles. The summed E-state index contributed by atoms with van der Waals surface area (Å²) >= 11 is 16.1. The van der Waals surface area contributed by atoms with Gasteiger partial charge in [-0.2, -0.15) is 0 Å². The summed E-state index contributed by atoms with van der Waals surface area (Å²) in [7, 11) is 1.64. The Hall–Kier alpha value is -0.940. The van der Waals surface area contributed by atoms with Crippen molar-refractivity contribution < 1.29 is 9.47 Å². The van der Waals surface area contributed by atoms with Crippen LogP contribution in [0.2, 0.25) is 10.0 Å². The maximum atomic E-state index is 6.24. The van der Waals surface area contributed by atoms with Crippen molar-refractivity contribution in [2.24, 2.45) is 0 Å². The van der Waals surface area contributed by atoms with Gasteiger partial charge in [-0.3, -0.25) is 0 Å². The molecular weight excluding hydrogens is 473 g/mol. The molecule has 0 fully saturated rings. The SMILES string of the molecule is CCCCCCCCNCc1cc(Br)c(OCc2c(Cl)cccc2Cl)c(OC)c1. The van der Waals surface area contributed by atoms with Crippen molar-refractivity contribution in [1.29, 1.82) is 0 Å². The maximum Gasteiger partial charge on any atom is 0.175 e. The van der Waals surface area contributed by atoms with Gasteiger partial charge in [-0.05, 0) is 58.7 Å². The lowest BCUT2D eigenvalue weighted by Gasteiger charge is -2.16. The number of rotatable bonds is 13. The van der Waals surface area contributed by atoms with Gasteiger partial charge in [-0.25, -0.2) is 0 Å². The van der Waals surface area contributed by atoms with Gasteiger partial charge in [0.1, 0.15) is 6.61 Å². The van der Waals surface area contributed by atoms with E-state index >= 15 is 0 Å². The van der Waals surface area contributed by atoms with Crippen LogP contribution in [0.15, 0.2) is 34.8 Å². The molecule has 0 bridgehead atoms. The Bertz CT molecular complexity index is 751. The van der Waals surface area contributed by atoms with Gasteiger partial charge in [0.15, 0.2) is 11.5 Å². The summed E-state index contributed by atoms with van der Waals surface area (Å²) in [5.74, 6) is 1.32. The number of nitrogens with one attached hydrogen (secondary N) is 1. The maximum absolute atomic E-state index is 6.24. The summed E-state index contributed by atoms with van der Waals surface area (Å²) < 4.78 is 12.4. The van der Waals surface area contributed by atoms with Gasteiger partial charge in [0.05, 0.1) is 11.6 Å². The zero-order valence-electron chi connectivity index (χ0n) is 17.2. The molecular formula is C23H30BrCl2NO2. The summed E-state index contributed by atoms with van der Waals surface area (Å²) in [5.41, 5.74) is 1.90. The second-order valence-electron chi connectivity index (χ2n) is 7.04. The summed E-state index contributed by atoms with van der Waals surface area (Å²) in [6, 6.07) is 9.48. The fourth-order valence-electron chi connectivity index (χ4n) is 3.09. The van der Waals surface area contributed by atoms with E-state index in [2.05, 4.69) is 34.2 Å². The second kappa shape index (κ2) is 13.4. The zero-order chi connectivity index (χ0) is 21.1. The molecule has 0 unspecified atom stereocenters. The minimum absolute atomic E-state index is 0.267. The van der Waals surface area contributed by atoms with Gasteiger partial charge in [-0.1, -0.05) is 68.3 Å². The second-order valence-corrected chi connectivity index (χ2v) is 8.71. The molecule has 1 N–H and O–H groups in total. The van der Waals surface area contributed by atoms with E-state index in [1.807, 2.05) is 12.1 Å². The lowest BCUT2D eigenvalue weighted by atomic mass is 10.1. The number of hydrogen-bond acceptors (Lipinski definition) is 3. The minimum Gasteiger partial charge on any atom is -0.493 e. The summed E-state index contributed by atoms with van der Waals surface area (Å²) in [6.45, 7) is 4.33. The molecule has 0 aliphatic rings. The Labute approximate surface area is 193 Å². The highest BCUT2D eigenvalue weighted by Gasteiger charge is 2.14. The third kappa shape index (κ3) is 8.01. The van der Waals surface area contributed by atoms with Crippen molar-refractivity contribution in [1.82, 2.24) is 5.32 Å². The van der Waals surface area contributed by atoms with Crippen molar-refractivity contribution in [2.75, 3.05) is 13.7 Å². The standard InChI is InChI=1S/C23H30BrCl2NO2/c1-3-4-5-6-7-8-12-27-15-17-13-19(24)23(22(14-17)28-2)29-16-18-20(25)10-9-11-21(18)26/h9-11,13-14,27H,3-8,12,15-16H2,1-2H3. The first-order valence-electron chi connectivity index (χ1n) is 10.2. The number of unbranched alkanes of at least 4 members (excludes halogenated alkanes) is 5. The number of halogens is 3. The highest BCUT2D eigenvalue weighted by atomic mass is 79.9. The monoisotopic (exact) mass is 501 g/mol. The summed E-state index contributed by atoms with van der Waals surface area (Å²) in [5, 5.41) is 4.68. The van der Waals surface area contributed by atoms with Crippen LogP contribution in [-0.2, 0) is 13.2 Å². The molecule has 0 aromatic heterocycles. The fraction of sp³-hybridized carbons (Fsp3) is 0.478. The Morgan fingerprint density at radius 3 is 2.38 bits per heavy atom. The van der Waals surface area contributed by atoms with E-state index in [0.29, 0.717) is 21.5 Å². The van der Waals surface area contributed by atoms with Gasteiger partial charge in [0.25, 0.3) is 0 Å². The smallest absolute Gasteiger partial charge is 0.175 e. The van der Waals surface area contributed by atoms with E-state index in [-0.39, 0.29) is 6.61 Å². The topological polar surface area (TPSA) is 30.5 Å². The molecule has 6 heteroatoms. The predicted molar refractivity (Wildman–Crippen MR) is 127 cm³/mol. The Balaban J connectivity index is 1.90. The highest BCUT2D eigenvalue weighted by Crippen LogP contribution is 2.38. The molecule has 0 aliphatic heterocycles. The van der Waals surface area contributed by atoms with Crippen LogP contribution in [0.5, 0.6) is 11.5 Å². The van der Waals surface area contributed by atoms with Crippen molar-refractivity contribution in [2.45, 2.75) is 58.6 Å². The lowest BCUT2D eigenvalue weighted by molar-refractivity contribution is 0.282.